The van der Waals surface area contributed by atoms with Gasteiger partial charge in [0.25, 0.3) is 0 Å². The summed E-state index contributed by atoms with van der Waals surface area (Å²) in [6.45, 7) is 3.76. The van der Waals surface area contributed by atoms with Crippen LogP contribution in [0.1, 0.15) is 24.5 Å². The van der Waals surface area contributed by atoms with Gasteiger partial charge in [0, 0.05) is 31.0 Å². The summed E-state index contributed by atoms with van der Waals surface area (Å²) in [5.41, 5.74) is 8.65. The first kappa shape index (κ1) is 15.7. The van der Waals surface area contributed by atoms with Gasteiger partial charge in [0.15, 0.2) is 0 Å². The van der Waals surface area contributed by atoms with E-state index < -0.39 is 0 Å². The van der Waals surface area contributed by atoms with Crippen molar-refractivity contribution in [3.63, 3.8) is 0 Å². The van der Waals surface area contributed by atoms with Gasteiger partial charge in [-0.15, -0.1) is 0 Å². The van der Waals surface area contributed by atoms with Gasteiger partial charge in [-0.05, 0) is 44.0 Å². The van der Waals surface area contributed by atoms with E-state index in [4.69, 9.17) is 5.73 Å². The van der Waals surface area contributed by atoms with E-state index in [1.165, 1.54) is 11.1 Å². The maximum absolute atomic E-state index is 6.07. The fourth-order valence-corrected chi connectivity index (χ4v) is 2.46. The van der Waals surface area contributed by atoms with Crippen molar-refractivity contribution >= 4 is 0 Å². The number of hydrogen-bond donors (Lipinski definition) is 1. The Bertz CT molecular complexity index is 527. The second kappa shape index (κ2) is 7.34. The predicted octanol–water partition coefficient (Wildman–Crippen LogP) is 2.86. The molecule has 0 aliphatic rings. The van der Waals surface area contributed by atoms with E-state index in [2.05, 4.69) is 60.3 Å². The molecular formula is C18H25N3. The largest absolute Gasteiger partial charge is 0.329 e. The molecule has 1 aromatic heterocycles. The van der Waals surface area contributed by atoms with Crippen LogP contribution >= 0.6 is 0 Å². The molecule has 0 radical (unpaired) electrons. The first-order chi connectivity index (χ1) is 10.1. The molecule has 0 saturated heterocycles. The summed E-state index contributed by atoms with van der Waals surface area (Å²) in [6, 6.07) is 14.7. The smallest absolute Gasteiger partial charge is 0.0312 e. The number of pyridine rings is 1. The lowest BCUT2D eigenvalue weighted by Crippen LogP contribution is -2.49. The monoisotopic (exact) mass is 283 g/mol. The molecule has 1 aromatic carbocycles. The van der Waals surface area contributed by atoms with E-state index in [-0.39, 0.29) is 5.54 Å². The van der Waals surface area contributed by atoms with Crippen molar-refractivity contribution in [2.45, 2.75) is 31.8 Å². The second-order valence-electron chi connectivity index (χ2n) is 5.90. The molecule has 0 spiro atoms. The van der Waals surface area contributed by atoms with Crippen molar-refractivity contribution in [3.8, 4) is 0 Å². The average molecular weight is 283 g/mol. The van der Waals surface area contributed by atoms with Crippen LogP contribution < -0.4 is 5.73 Å². The number of aromatic nitrogens is 1. The highest BCUT2D eigenvalue weighted by molar-refractivity contribution is 5.15. The third-order valence-electron chi connectivity index (χ3n) is 4.30. The summed E-state index contributed by atoms with van der Waals surface area (Å²) in [4.78, 5) is 6.52. The van der Waals surface area contributed by atoms with Gasteiger partial charge in [-0.1, -0.05) is 36.4 Å². The molecule has 0 saturated carbocycles. The molecular weight excluding hydrogens is 258 g/mol. The van der Waals surface area contributed by atoms with Crippen molar-refractivity contribution in [2.75, 3.05) is 13.6 Å². The topological polar surface area (TPSA) is 42.2 Å². The van der Waals surface area contributed by atoms with Gasteiger partial charge in [-0.3, -0.25) is 9.88 Å². The molecule has 3 heteroatoms. The molecule has 2 aromatic rings. The number of benzene rings is 1. The van der Waals surface area contributed by atoms with Gasteiger partial charge in [0.1, 0.15) is 0 Å². The summed E-state index contributed by atoms with van der Waals surface area (Å²) in [5, 5.41) is 0. The number of likely N-dealkylation sites (N-methyl/N-ethyl adjacent to an activating group) is 1. The van der Waals surface area contributed by atoms with E-state index in [1.54, 1.807) is 6.20 Å². The zero-order valence-corrected chi connectivity index (χ0v) is 13.0. The van der Waals surface area contributed by atoms with Gasteiger partial charge in [0.2, 0.25) is 0 Å². The molecule has 0 bridgehead atoms. The van der Waals surface area contributed by atoms with Crippen LogP contribution in [0.15, 0.2) is 54.9 Å². The molecule has 21 heavy (non-hydrogen) atoms. The van der Waals surface area contributed by atoms with Crippen LogP contribution in [0.4, 0.5) is 0 Å². The molecule has 1 heterocycles. The van der Waals surface area contributed by atoms with E-state index in [9.17, 15) is 0 Å². The van der Waals surface area contributed by atoms with Gasteiger partial charge in [-0.2, -0.15) is 0 Å². The van der Waals surface area contributed by atoms with E-state index in [0.717, 1.165) is 19.4 Å². The number of aryl methyl sites for hydroxylation is 1. The Morgan fingerprint density at radius 1 is 1.10 bits per heavy atom. The van der Waals surface area contributed by atoms with Crippen LogP contribution in [-0.2, 0) is 13.0 Å². The number of hydrogen-bond acceptors (Lipinski definition) is 3. The van der Waals surface area contributed by atoms with Crippen molar-refractivity contribution in [3.05, 3.63) is 66.0 Å². The molecule has 3 nitrogen and oxygen atoms in total. The zero-order valence-electron chi connectivity index (χ0n) is 13.0. The number of nitrogens with two attached hydrogens (primary N) is 1. The summed E-state index contributed by atoms with van der Waals surface area (Å²) in [5.74, 6) is 0. The Labute approximate surface area is 127 Å². The molecule has 2 N–H and O–H groups in total. The average Bonchev–Trinajstić information content (AvgIpc) is 2.54. The minimum atomic E-state index is -0.00825. The Morgan fingerprint density at radius 3 is 2.43 bits per heavy atom. The third-order valence-corrected chi connectivity index (χ3v) is 4.30. The number of rotatable bonds is 7. The van der Waals surface area contributed by atoms with Crippen LogP contribution in [0, 0.1) is 0 Å². The minimum absolute atomic E-state index is 0.00825. The first-order valence-corrected chi connectivity index (χ1v) is 7.48. The highest BCUT2D eigenvalue weighted by Crippen LogP contribution is 2.21. The number of nitrogens with zero attached hydrogens (tertiary/aromatic N) is 2. The van der Waals surface area contributed by atoms with Crippen LogP contribution in [0.3, 0.4) is 0 Å². The lowest BCUT2D eigenvalue weighted by atomic mass is 9.91. The first-order valence-electron chi connectivity index (χ1n) is 7.48. The Morgan fingerprint density at radius 2 is 1.81 bits per heavy atom. The van der Waals surface area contributed by atoms with E-state index in [1.807, 2.05) is 12.3 Å². The molecule has 1 unspecified atom stereocenters. The normalized spacial score (nSPS) is 14.1. The highest BCUT2D eigenvalue weighted by atomic mass is 15.2. The molecule has 2 rings (SSSR count). The summed E-state index contributed by atoms with van der Waals surface area (Å²) in [7, 11) is 2.14. The highest BCUT2D eigenvalue weighted by Gasteiger charge is 2.27. The van der Waals surface area contributed by atoms with Crippen LogP contribution in [0.5, 0.6) is 0 Å². The third kappa shape index (κ3) is 4.38. The van der Waals surface area contributed by atoms with Gasteiger partial charge >= 0.3 is 0 Å². The molecule has 0 aliphatic heterocycles. The van der Waals surface area contributed by atoms with Crippen molar-refractivity contribution in [1.29, 1.82) is 0 Å². The Balaban J connectivity index is 1.99. The fraction of sp³-hybridized carbons (Fsp3) is 0.389. The Kier molecular flexibility index (Phi) is 5.48. The Hall–Kier alpha value is -1.71. The maximum Gasteiger partial charge on any atom is 0.0312 e. The standard InChI is InChI=1S/C18H25N3/c1-18(15-19,11-10-16-7-4-3-5-8-16)21(2)14-17-9-6-12-20-13-17/h3-9,12-13H,10-11,14-15,19H2,1-2H3. The SMILES string of the molecule is CN(Cc1cccnc1)C(C)(CN)CCc1ccccc1. The molecule has 0 amide bonds. The predicted molar refractivity (Wildman–Crippen MR) is 87.9 cm³/mol. The van der Waals surface area contributed by atoms with Crippen molar-refractivity contribution < 1.29 is 0 Å². The fourth-order valence-electron chi connectivity index (χ4n) is 2.46. The summed E-state index contributed by atoms with van der Waals surface area (Å²) >= 11 is 0. The zero-order chi connectivity index (χ0) is 15.1. The van der Waals surface area contributed by atoms with Crippen LogP contribution in [0.2, 0.25) is 0 Å². The lowest BCUT2D eigenvalue weighted by molar-refractivity contribution is 0.126. The lowest BCUT2D eigenvalue weighted by Gasteiger charge is -2.38. The summed E-state index contributed by atoms with van der Waals surface area (Å²) in [6.07, 6.45) is 5.82. The molecule has 0 aliphatic carbocycles. The van der Waals surface area contributed by atoms with E-state index in [0.29, 0.717) is 6.54 Å². The van der Waals surface area contributed by atoms with Crippen LogP contribution in [0.25, 0.3) is 0 Å². The quantitative estimate of drug-likeness (QED) is 0.849. The molecule has 0 fully saturated rings. The second-order valence-corrected chi connectivity index (χ2v) is 5.90. The maximum atomic E-state index is 6.07. The summed E-state index contributed by atoms with van der Waals surface area (Å²) < 4.78 is 0. The van der Waals surface area contributed by atoms with E-state index >= 15 is 0 Å². The van der Waals surface area contributed by atoms with Crippen LogP contribution in [-0.4, -0.2) is 29.0 Å². The molecule has 1 atom stereocenters. The van der Waals surface area contributed by atoms with Crippen molar-refractivity contribution in [2.24, 2.45) is 5.73 Å². The minimum Gasteiger partial charge on any atom is -0.329 e. The van der Waals surface area contributed by atoms with Crippen molar-refractivity contribution in [1.82, 2.24) is 9.88 Å². The van der Waals surface area contributed by atoms with Gasteiger partial charge in [-0.25, -0.2) is 0 Å². The molecule has 112 valence electrons. The van der Waals surface area contributed by atoms with Gasteiger partial charge < -0.3 is 5.73 Å². The van der Waals surface area contributed by atoms with Gasteiger partial charge in [0.05, 0.1) is 0 Å².